The van der Waals surface area contributed by atoms with Crippen LogP contribution in [0.15, 0.2) is 12.4 Å². The number of hydrogen-bond acceptors (Lipinski definition) is 4. The van der Waals surface area contributed by atoms with Crippen molar-refractivity contribution in [3.63, 3.8) is 0 Å². The normalized spacial score (nSPS) is 17.1. The number of rotatable bonds is 4. The molecule has 0 unspecified atom stereocenters. The summed E-state index contributed by atoms with van der Waals surface area (Å²) in [6.45, 7) is 4.00. The van der Waals surface area contributed by atoms with Gasteiger partial charge in [-0.2, -0.15) is 0 Å². The molecule has 1 aromatic rings. The first-order valence-corrected chi connectivity index (χ1v) is 6.34. The summed E-state index contributed by atoms with van der Waals surface area (Å²) in [5, 5.41) is 0. The van der Waals surface area contributed by atoms with Crippen LogP contribution in [-0.4, -0.2) is 29.3 Å². The fourth-order valence-electron chi connectivity index (χ4n) is 2.22. The van der Waals surface area contributed by atoms with Gasteiger partial charge in [0.1, 0.15) is 18.4 Å². The number of piperidine rings is 1. The summed E-state index contributed by atoms with van der Waals surface area (Å²) in [5.41, 5.74) is 1.11. The van der Waals surface area contributed by atoms with Gasteiger partial charge in [-0.25, -0.2) is 9.97 Å². The number of anilines is 1. The number of carbonyl (C=O) groups excluding carboxylic acids is 1. The SMILES string of the molecule is CCCc1cc(N2CCC(C=O)CC2)ncn1. The highest BCUT2D eigenvalue weighted by molar-refractivity contribution is 5.54. The molecule has 0 atom stereocenters. The largest absolute Gasteiger partial charge is 0.356 e. The van der Waals surface area contributed by atoms with Crippen LogP contribution in [0.5, 0.6) is 0 Å². The molecular formula is C13H19N3O. The maximum atomic E-state index is 10.7. The van der Waals surface area contributed by atoms with Gasteiger partial charge in [0, 0.05) is 30.8 Å². The summed E-state index contributed by atoms with van der Waals surface area (Å²) in [6.07, 6.45) is 6.71. The number of nitrogens with zero attached hydrogens (tertiary/aromatic N) is 3. The Bertz CT molecular complexity index is 373. The summed E-state index contributed by atoms with van der Waals surface area (Å²) in [5.74, 6) is 1.25. The molecule has 0 aliphatic carbocycles. The van der Waals surface area contributed by atoms with Crippen LogP contribution in [0, 0.1) is 5.92 Å². The van der Waals surface area contributed by atoms with Crippen molar-refractivity contribution in [3.05, 3.63) is 18.1 Å². The van der Waals surface area contributed by atoms with E-state index in [1.807, 2.05) is 0 Å². The maximum absolute atomic E-state index is 10.7. The van der Waals surface area contributed by atoms with Gasteiger partial charge in [0.2, 0.25) is 0 Å². The van der Waals surface area contributed by atoms with E-state index >= 15 is 0 Å². The highest BCUT2D eigenvalue weighted by Gasteiger charge is 2.19. The van der Waals surface area contributed by atoms with Crippen LogP contribution in [0.3, 0.4) is 0 Å². The zero-order valence-corrected chi connectivity index (χ0v) is 10.3. The summed E-state index contributed by atoms with van der Waals surface area (Å²) in [7, 11) is 0. The Hall–Kier alpha value is -1.45. The Morgan fingerprint density at radius 3 is 2.82 bits per heavy atom. The van der Waals surface area contributed by atoms with Crippen LogP contribution in [-0.2, 0) is 11.2 Å². The molecule has 4 heteroatoms. The lowest BCUT2D eigenvalue weighted by molar-refractivity contribution is -0.111. The van der Waals surface area contributed by atoms with Gasteiger partial charge in [-0.05, 0) is 19.3 Å². The molecule has 0 N–H and O–H groups in total. The van der Waals surface area contributed by atoms with Crippen LogP contribution >= 0.6 is 0 Å². The van der Waals surface area contributed by atoms with E-state index < -0.39 is 0 Å². The fraction of sp³-hybridized carbons (Fsp3) is 0.615. The van der Waals surface area contributed by atoms with E-state index in [2.05, 4.69) is 27.9 Å². The Morgan fingerprint density at radius 1 is 1.41 bits per heavy atom. The zero-order chi connectivity index (χ0) is 12.1. The number of aldehydes is 1. The maximum Gasteiger partial charge on any atom is 0.132 e. The first kappa shape index (κ1) is 12.0. The van der Waals surface area contributed by atoms with Crippen LogP contribution in [0.4, 0.5) is 5.82 Å². The summed E-state index contributed by atoms with van der Waals surface area (Å²) in [6, 6.07) is 2.07. The topological polar surface area (TPSA) is 46.1 Å². The molecule has 0 bridgehead atoms. The van der Waals surface area contributed by atoms with Crippen molar-refractivity contribution < 1.29 is 4.79 Å². The monoisotopic (exact) mass is 233 g/mol. The van der Waals surface area contributed by atoms with Gasteiger partial charge in [0.25, 0.3) is 0 Å². The third-order valence-corrected chi connectivity index (χ3v) is 3.27. The molecule has 2 rings (SSSR count). The van der Waals surface area contributed by atoms with Crippen molar-refractivity contribution in [2.75, 3.05) is 18.0 Å². The number of aromatic nitrogens is 2. The molecule has 1 fully saturated rings. The summed E-state index contributed by atoms with van der Waals surface area (Å²) in [4.78, 5) is 21.5. The average Bonchev–Trinajstić information content (AvgIpc) is 2.40. The van der Waals surface area contributed by atoms with E-state index in [0.717, 1.165) is 56.6 Å². The molecule has 4 nitrogen and oxygen atoms in total. The minimum absolute atomic E-state index is 0.239. The van der Waals surface area contributed by atoms with Crippen LogP contribution in [0.2, 0.25) is 0 Å². The second-order valence-corrected chi connectivity index (χ2v) is 4.58. The Morgan fingerprint density at radius 2 is 2.18 bits per heavy atom. The molecule has 2 heterocycles. The zero-order valence-electron chi connectivity index (χ0n) is 10.3. The minimum Gasteiger partial charge on any atom is -0.356 e. The number of aryl methyl sites for hydroxylation is 1. The molecule has 0 spiro atoms. The van der Waals surface area contributed by atoms with Gasteiger partial charge >= 0.3 is 0 Å². The van der Waals surface area contributed by atoms with Gasteiger partial charge in [-0.15, -0.1) is 0 Å². The first-order valence-electron chi connectivity index (χ1n) is 6.34. The third-order valence-electron chi connectivity index (χ3n) is 3.27. The molecule has 0 amide bonds. The molecule has 17 heavy (non-hydrogen) atoms. The van der Waals surface area contributed by atoms with Gasteiger partial charge < -0.3 is 9.69 Å². The Labute approximate surface area is 102 Å². The Kier molecular flexibility index (Phi) is 4.07. The Balaban J connectivity index is 2.02. The number of hydrogen-bond donors (Lipinski definition) is 0. The van der Waals surface area contributed by atoms with E-state index in [1.54, 1.807) is 6.33 Å². The summed E-state index contributed by atoms with van der Waals surface area (Å²) < 4.78 is 0. The van der Waals surface area contributed by atoms with Crippen molar-refractivity contribution in [1.82, 2.24) is 9.97 Å². The van der Waals surface area contributed by atoms with Crippen molar-refractivity contribution in [2.45, 2.75) is 32.6 Å². The molecular weight excluding hydrogens is 214 g/mol. The predicted octanol–water partition coefficient (Wildman–Crippen LogP) is 1.84. The number of carbonyl (C=O) groups is 1. The molecule has 1 aromatic heterocycles. The second kappa shape index (κ2) is 5.75. The van der Waals surface area contributed by atoms with Crippen molar-refractivity contribution >= 4 is 12.1 Å². The molecule has 0 saturated carbocycles. The van der Waals surface area contributed by atoms with Gasteiger partial charge in [0.15, 0.2) is 0 Å². The van der Waals surface area contributed by atoms with E-state index in [0.29, 0.717) is 0 Å². The van der Waals surface area contributed by atoms with Crippen LogP contribution in [0.1, 0.15) is 31.9 Å². The quantitative estimate of drug-likeness (QED) is 0.744. The van der Waals surface area contributed by atoms with Gasteiger partial charge in [-0.3, -0.25) is 0 Å². The predicted molar refractivity (Wildman–Crippen MR) is 67.0 cm³/mol. The van der Waals surface area contributed by atoms with Crippen molar-refractivity contribution in [2.24, 2.45) is 5.92 Å². The van der Waals surface area contributed by atoms with E-state index in [9.17, 15) is 4.79 Å². The van der Waals surface area contributed by atoms with E-state index in [-0.39, 0.29) is 5.92 Å². The fourth-order valence-corrected chi connectivity index (χ4v) is 2.22. The molecule has 0 radical (unpaired) electrons. The van der Waals surface area contributed by atoms with E-state index in [4.69, 9.17) is 0 Å². The first-order chi connectivity index (χ1) is 8.33. The second-order valence-electron chi connectivity index (χ2n) is 4.58. The highest BCUT2D eigenvalue weighted by Crippen LogP contribution is 2.20. The van der Waals surface area contributed by atoms with Crippen LogP contribution in [0.25, 0.3) is 0 Å². The average molecular weight is 233 g/mol. The van der Waals surface area contributed by atoms with E-state index in [1.165, 1.54) is 0 Å². The van der Waals surface area contributed by atoms with Crippen molar-refractivity contribution in [1.29, 1.82) is 0 Å². The third kappa shape index (κ3) is 3.02. The lowest BCUT2D eigenvalue weighted by Gasteiger charge is -2.30. The molecule has 92 valence electrons. The lowest BCUT2D eigenvalue weighted by atomic mass is 9.99. The highest BCUT2D eigenvalue weighted by atomic mass is 16.1. The molecule has 1 aliphatic heterocycles. The van der Waals surface area contributed by atoms with Crippen molar-refractivity contribution in [3.8, 4) is 0 Å². The smallest absolute Gasteiger partial charge is 0.132 e. The molecule has 1 aliphatic rings. The molecule has 0 aromatic carbocycles. The molecule has 1 saturated heterocycles. The van der Waals surface area contributed by atoms with Gasteiger partial charge in [0.05, 0.1) is 0 Å². The summed E-state index contributed by atoms with van der Waals surface area (Å²) >= 11 is 0. The minimum atomic E-state index is 0.239. The van der Waals surface area contributed by atoms with Gasteiger partial charge in [-0.1, -0.05) is 13.3 Å². The lowest BCUT2D eigenvalue weighted by Crippen LogP contribution is -2.34. The van der Waals surface area contributed by atoms with Crippen LogP contribution < -0.4 is 4.90 Å². The standard InChI is InChI=1S/C13H19N3O/c1-2-3-12-8-13(15-10-14-12)16-6-4-11(9-17)5-7-16/h8-11H,2-7H2,1H3.